The van der Waals surface area contributed by atoms with E-state index in [9.17, 15) is 9.59 Å². The van der Waals surface area contributed by atoms with Crippen molar-refractivity contribution in [2.24, 2.45) is 5.92 Å². The third-order valence-electron chi connectivity index (χ3n) is 6.70. The van der Waals surface area contributed by atoms with Crippen molar-refractivity contribution >= 4 is 17.5 Å². The van der Waals surface area contributed by atoms with Gasteiger partial charge < -0.3 is 19.7 Å². The van der Waals surface area contributed by atoms with E-state index in [1.807, 2.05) is 49.4 Å². The van der Waals surface area contributed by atoms with E-state index in [0.717, 1.165) is 42.5 Å². The Morgan fingerprint density at radius 2 is 1.66 bits per heavy atom. The van der Waals surface area contributed by atoms with E-state index in [1.54, 1.807) is 19.1 Å². The van der Waals surface area contributed by atoms with Crippen LogP contribution in [0, 0.1) is 12.8 Å². The number of nitrogens with zero attached hydrogens (tertiary/aromatic N) is 1. The van der Waals surface area contributed by atoms with Crippen molar-refractivity contribution in [2.75, 3.05) is 19.1 Å². The molecule has 6 heteroatoms. The van der Waals surface area contributed by atoms with Crippen LogP contribution in [0.25, 0.3) is 0 Å². The molecule has 1 aliphatic carbocycles. The lowest BCUT2D eigenvalue weighted by atomic mass is 9.82. The summed E-state index contributed by atoms with van der Waals surface area (Å²) in [5.41, 5.74) is 2.79. The summed E-state index contributed by atoms with van der Waals surface area (Å²) in [4.78, 5) is 28.4. The van der Waals surface area contributed by atoms with Crippen LogP contribution >= 0.6 is 0 Å². The lowest BCUT2D eigenvalue weighted by Crippen LogP contribution is -2.49. The Morgan fingerprint density at radius 3 is 2.31 bits per heavy atom. The number of nitrogens with one attached hydrogen (secondary N) is 1. The zero-order valence-corrected chi connectivity index (χ0v) is 19.1. The number of benzene rings is 2. The van der Waals surface area contributed by atoms with E-state index >= 15 is 0 Å². The Hall–Kier alpha value is -3.02. The Bertz CT molecular complexity index is 966. The average Bonchev–Trinajstić information content (AvgIpc) is 3.32. The number of hydrogen-bond donors (Lipinski definition) is 1. The molecule has 32 heavy (non-hydrogen) atoms. The van der Waals surface area contributed by atoms with Gasteiger partial charge in [-0.3, -0.25) is 9.59 Å². The standard InChI is InChI=1S/C26H32N2O4/c1-17-8-11-20(12-9-17)28-24(29)15-13-21(26(30)27-19-6-4-5-7-19)25(28)18-10-14-22(31-2)23(16-18)32-3/h8-12,14,16,19,21,25H,4-7,13,15H2,1-3H3,(H,27,30). The summed E-state index contributed by atoms with van der Waals surface area (Å²) < 4.78 is 10.9. The summed E-state index contributed by atoms with van der Waals surface area (Å²) in [5, 5.41) is 3.26. The van der Waals surface area contributed by atoms with Crippen molar-refractivity contribution in [1.82, 2.24) is 5.32 Å². The predicted molar refractivity (Wildman–Crippen MR) is 124 cm³/mol. The first kappa shape index (κ1) is 22.2. The minimum Gasteiger partial charge on any atom is -0.493 e. The van der Waals surface area contributed by atoms with Gasteiger partial charge in [0.1, 0.15) is 0 Å². The van der Waals surface area contributed by atoms with E-state index in [4.69, 9.17) is 9.47 Å². The normalized spacial score (nSPS) is 21.5. The molecule has 1 saturated heterocycles. The highest BCUT2D eigenvalue weighted by Gasteiger charge is 2.42. The van der Waals surface area contributed by atoms with Gasteiger partial charge in [0.05, 0.1) is 26.2 Å². The minimum atomic E-state index is -0.417. The number of piperidine rings is 1. The first-order valence-corrected chi connectivity index (χ1v) is 11.4. The highest BCUT2D eigenvalue weighted by Crippen LogP contribution is 2.42. The molecule has 1 heterocycles. The van der Waals surface area contributed by atoms with Crippen molar-refractivity contribution in [1.29, 1.82) is 0 Å². The monoisotopic (exact) mass is 436 g/mol. The fourth-order valence-corrected chi connectivity index (χ4v) is 4.97. The second-order valence-electron chi connectivity index (χ2n) is 8.79. The number of hydrogen-bond acceptors (Lipinski definition) is 4. The third-order valence-corrected chi connectivity index (χ3v) is 6.70. The van der Waals surface area contributed by atoms with Gasteiger partial charge in [-0.05, 0) is 56.0 Å². The van der Waals surface area contributed by atoms with Gasteiger partial charge in [-0.2, -0.15) is 0 Å². The number of anilines is 1. The highest BCUT2D eigenvalue weighted by molar-refractivity contribution is 5.97. The maximum absolute atomic E-state index is 13.4. The topological polar surface area (TPSA) is 67.9 Å². The lowest BCUT2D eigenvalue weighted by molar-refractivity contribution is -0.129. The second-order valence-corrected chi connectivity index (χ2v) is 8.79. The summed E-state index contributed by atoms with van der Waals surface area (Å²) in [5.74, 6) is 0.918. The van der Waals surface area contributed by atoms with E-state index < -0.39 is 6.04 Å². The number of rotatable bonds is 6. The van der Waals surface area contributed by atoms with Gasteiger partial charge in [-0.15, -0.1) is 0 Å². The Kier molecular flexibility index (Phi) is 6.68. The molecule has 2 amide bonds. The molecule has 0 aromatic heterocycles. The largest absolute Gasteiger partial charge is 0.493 e. The number of carbonyl (C=O) groups is 2. The molecule has 2 atom stereocenters. The third kappa shape index (κ3) is 4.45. The first-order chi connectivity index (χ1) is 15.5. The zero-order chi connectivity index (χ0) is 22.7. The SMILES string of the molecule is COc1ccc(C2C(C(=O)NC3CCCC3)CCC(=O)N2c2ccc(C)cc2)cc1OC. The zero-order valence-electron chi connectivity index (χ0n) is 19.1. The Labute approximate surface area is 189 Å². The maximum atomic E-state index is 13.4. The molecule has 170 valence electrons. The number of ether oxygens (including phenoxy) is 2. The molecule has 2 fully saturated rings. The van der Waals surface area contributed by atoms with E-state index in [2.05, 4.69) is 5.32 Å². The van der Waals surface area contributed by atoms with Crippen LogP contribution in [0.15, 0.2) is 42.5 Å². The van der Waals surface area contributed by atoms with Crippen LogP contribution in [0.1, 0.15) is 55.7 Å². The number of methoxy groups -OCH3 is 2. The van der Waals surface area contributed by atoms with Crippen LogP contribution in [-0.4, -0.2) is 32.1 Å². The first-order valence-electron chi connectivity index (χ1n) is 11.4. The van der Waals surface area contributed by atoms with Gasteiger partial charge in [-0.1, -0.05) is 36.6 Å². The molecule has 0 spiro atoms. The van der Waals surface area contributed by atoms with Gasteiger partial charge in [0.15, 0.2) is 11.5 Å². The van der Waals surface area contributed by atoms with Gasteiger partial charge in [0, 0.05) is 18.2 Å². The molecule has 1 saturated carbocycles. The summed E-state index contributed by atoms with van der Waals surface area (Å²) in [6.07, 6.45) is 5.24. The number of amides is 2. The molecule has 0 radical (unpaired) electrons. The molecule has 2 aliphatic rings. The summed E-state index contributed by atoms with van der Waals surface area (Å²) in [6.45, 7) is 2.02. The van der Waals surface area contributed by atoms with Crippen molar-refractivity contribution < 1.29 is 19.1 Å². The van der Waals surface area contributed by atoms with Crippen molar-refractivity contribution in [3.63, 3.8) is 0 Å². The number of aryl methyl sites for hydroxylation is 1. The van der Waals surface area contributed by atoms with Crippen molar-refractivity contribution in [3.8, 4) is 11.5 Å². The van der Waals surface area contributed by atoms with Gasteiger partial charge >= 0.3 is 0 Å². The summed E-state index contributed by atoms with van der Waals surface area (Å²) in [7, 11) is 3.19. The van der Waals surface area contributed by atoms with Crippen LogP contribution in [0.5, 0.6) is 11.5 Å². The van der Waals surface area contributed by atoms with Crippen LogP contribution < -0.4 is 19.7 Å². The van der Waals surface area contributed by atoms with Crippen LogP contribution in [-0.2, 0) is 9.59 Å². The molecule has 0 bridgehead atoms. The molecule has 1 N–H and O–H groups in total. The van der Waals surface area contributed by atoms with Crippen molar-refractivity contribution in [3.05, 3.63) is 53.6 Å². The second kappa shape index (κ2) is 9.63. The molecular weight excluding hydrogens is 404 g/mol. The Morgan fingerprint density at radius 1 is 0.969 bits per heavy atom. The van der Waals surface area contributed by atoms with Gasteiger partial charge in [-0.25, -0.2) is 0 Å². The fraction of sp³-hybridized carbons (Fsp3) is 0.462. The van der Waals surface area contributed by atoms with Crippen LogP contribution in [0.3, 0.4) is 0 Å². The molecule has 2 aromatic carbocycles. The van der Waals surface area contributed by atoms with E-state index in [1.165, 1.54) is 0 Å². The van der Waals surface area contributed by atoms with Gasteiger partial charge in [0.2, 0.25) is 11.8 Å². The number of carbonyl (C=O) groups excluding carboxylic acids is 2. The molecule has 2 aromatic rings. The summed E-state index contributed by atoms with van der Waals surface area (Å²) in [6, 6.07) is 13.4. The molecule has 4 rings (SSSR count). The lowest BCUT2D eigenvalue weighted by Gasteiger charge is -2.41. The predicted octanol–water partition coefficient (Wildman–Crippen LogP) is 4.56. The highest BCUT2D eigenvalue weighted by atomic mass is 16.5. The van der Waals surface area contributed by atoms with E-state index in [-0.39, 0.29) is 23.8 Å². The summed E-state index contributed by atoms with van der Waals surface area (Å²) >= 11 is 0. The maximum Gasteiger partial charge on any atom is 0.227 e. The van der Waals surface area contributed by atoms with E-state index in [0.29, 0.717) is 24.3 Å². The minimum absolute atomic E-state index is 0.0264. The smallest absolute Gasteiger partial charge is 0.227 e. The Balaban J connectivity index is 1.75. The molecular formula is C26H32N2O4. The van der Waals surface area contributed by atoms with Crippen LogP contribution in [0.2, 0.25) is 0 Å². The molecule has 2 unspecified atom stereocenters. The fourth-order valence-electron chi connectivity index (χ4n) is 4.97. The van der Waals surface area contributed by atoms with Crippen LogP contribution in [0.4, 0.5) is 5.69 Å². The van der Waals surface area contributed by atoms with Crippen molar-refractivity contribution in [2.45, 2.75) is 57.5 Å². The van der Waals surface area contributed by atoms with Gasteiger partial charge in [0.25, 0.3) is 0 Å². The molecule has 6 nitrogen and oxygen atoms in total. The average molecular weight is 437 g/mol. The molecule has 1 aliphatic heterocycles. The quantitative estimate of drug-likeness (QED) is 0.721.